The highest BCUT2D eigenvalue weighted by Gasteiger charge is 1.95. The molecule has 0 unspecified atom stereocenters. The number of ketones is 1. The number of benzene rings is 2. The second-order valence-electron chi connectivity index (χ2n) is 4.82. The molecule has 0 saturated heterocycles. The van der Waals surface area contributed by atoms with E-state index in [2.05, 4.69) is 0 Å². The molecule has 0 aliphatic carbocycles. The third-order valence-corrected chi connectivity index (χ3v) is 2.96. The fraction of sp³-hybridized carbons (Fsp3) is 0. The van der Waals surface area contributed by atoms with Crippen LogP contribution < -0.4 is 0 Å². The maximum absolute atomic E-state index is 11.7. The topological polar surface area (TPSA) is 77.8 Å². The molecule has 0 spiro atoms. The normalized spacial score (nSPS) is 12.1. The van der Waals surface area contributed by atoms with Crippen molar-refractivity contribution in [1.82, 2.24) is 0 Å². The molecule has 0 bridgehead atoms. The highest BCUT2D eigenvalue weighted by Crippen LogP contribution is 2.12. The van der Waals surface area contributed by atoms with Crippen molar-refractivity contribution >= 4 is 17.9 Å². The first-order valence-corrected chi connectivity index (χ1v) is 6.92. The van der Waals surface area contributed by atoms with Crippen molar-refractivity contribution in [3.63, 3.8) is 0 Å². The summed E-state index contributed by atoms with van der Waals surface area (Å²) in [5, 5.41) is 28.0. The van der Waals surface area contributed by atoms with Crippen LogP contribution in [0.2, 0.25) is 0 Å². The molecule has 2 aromatic carbocycles. The molecule has 2 aromatic rings. The Kier molecular flexibility index (Phi) is 5.36. The Morgan fingerprint density at radius 3 is 1.65 bits per heavy atom. The molecule has 0 aliphatic heterocycles. The molecule has 2 rings (SSSR count). The Labute approximate surface area is 134 Å². The van der Waals surface area contributed by atoms with Crippen molar-refractivity contribution in [1.29, 1.82) is 0 Å². The van der Waals surface area contributed by atoms with Gasteiger partial charge in [0.15, 0.2) is 5.78 Å². The molecule has 4 heteroatoms. The summed E-state index contributed by atoms with van der Waals surface area (Å²) < 4.78 is 0. The van der Waals surface area contributed by atoms with Gasteiger partial charge in [-0.2, -0.15) is 0 Å². The minimum Gasteiger partial charge on any atom is -0.508 e. The van der Waals surface area contributed by atoms with Gasteiger partial charge in [0.25, 0.3) is 0 Å². The number of hydrogen-bond acceptors (Lipinski definition) is 4. The maximum atomic E-state index is 11.7. The van der Waals surface area contributed by atoms with Crippen LogP contribution in [0.25, 0.3) is 12.2 Å². The quantitative estimate of drug-likeness (QED) is 0.445. The molecular formula is C19H16O4. The highest BCUT2D eigenvalue weighted by molar-refractivity contribution is 6.02. The fourth-order valence-corrected chi connectivity index (χ4v) is 1.77. The summed E-state index contributed by atoms with van der Waals surface area (Å²) in [7, 11) is 0. The zero-order chi connectivity index (χ0) is 16.7. The molecule has 0 atom stereocenters. The lowest BCUT2D eigenvalue weighted by Gasteiger charge is -1.95. The number of aliphatic hydroxyl groups is 1. The van der Waals surface area contributed by atoms with Gasteiger partial charge in [0.2, 0.25) is 0 Å². The first-order valence-electron chi connectivity index (χ1n) is 6.92. The summed E-state index contributed by atoms with van der Waals surface area (Å²) in [4.78, 5) is 11.7. The Morgan fingerprint density at radius 1 is 0.739 bits per heavy atom. The van der Waals surface area contributed by atoms with Crippen LogP contribution in [0.4, 0.5) is 0 Å². The number of hydrogen-bond donors (Lipinski definition) is 3. The Hall–Kier alpha value is -3.27. The molecule has 0 saturated carbocycles. The minimum atomic E-state index is -0.356. The first-order chi connectivity index (χ1) is 11.0. The standard InChI is InChI=1S/C19H16O4/c20-16-7-1-14(2-8-16)5-11-18(22)13-19(23)12-6-15-3-9-17(21)10-4-15/h1-13,20-22H/b11-5+,12-6+,18-13-. The van der Waals surface area contributed by atoms with E-state index in [1.54, 1.807) is 36.4 Å². The SMILES string of the molecule is O=C(/C=C(O)/C=C/c1ccc(O)cc1)/C=C/c1ccc(O)cc1. The predicted molar refractivity (Wildman–Crippen MR) is 90.0 cm³/mol. The Morgan fingerprint density at radius 2 is 1.17 bits per heavy atom. The molecule has 0 amide bonds. The van der Waals surface area contributed by atoms with Crippen molar-refractivity contribution in [2.24, 2.45) is 0 Å². The number of allylic oxidation sites excluding steroid dienone is 3. The zero-order valence-electron chi connectivity index (χ0n) is 12.3. The third-order valence-electron chi connectivity index (χ3n) is 2.96. The lowest BCUT2D eigenvalue weighted by atomic mass is 10.1. The van der Waals surface area contributed by atoms with Crippen molar-refractivity contribution < 1.29 is 20.1 Å². The lowest BCUT2D eigenvalue weighted by molar-refractivity contribution is -0.110. The summed E-state index contributed by atoms with van der Waals surface area (Å²) in [6.45, 7) is 0. The van der Waals surface area contributed by atoms with E-state index in [-0.39, 0.29) is 23.0 Å². The van der Waals surface area contributed by atoms with E-state index in [9.17, 15) is 15.0 Å². The molecule has 116 valence electrons. The highest BCUT2D eigenvalue weighted by atomic mass is 16.3. The van der Waals surface area contributed by atoms with Crippen LogP contribution in [-0.4, -0.2) is 21.1 Å². The van der Waals surface area contributed by atoms with Crippen molar-refractivity contribution in [3.8, 4) is 11.5 Å². The van der Waals surface area contributed by atoms with E-state index in [0.29, 0.717) is 0 Å². The van der Waals surface area contributed by atoms with Gasteiger partial charge < -0.3 is 15.3 Å². The van der Waals surface area contributed by atoms with Gasteiger partial charge in [-0.3, -0.25) is 4.79 Å². The minimum absolute atomic E-state index is 0.158. The van der Waals surface area contributed by atoms with Gasteiger partial charge in [-0.1, -0.05) is 36.4 Å². The molecule has 4 nitrogen and oxygen atoms in total. The van der Waals surface area contributed by atoms with Gasteiger partial charge in [-0.15, -0.1) is 0 Å². The van der Waals surface area contributed by atoms with Gasteiger partial charge >= 0.3 is 0 Å². The summed E-state index contributed by atoms with van der Waals surface area (Å²) in [6.07, 6.45) is 7.06. The Balaban J connectivity index is 1.98. The number of carbonyl (C=O) groups is 1. The number of aromatic hydroxyl groups is 2. The van der Waals surface area contributed by atoms with Gasteiger partial charge in [0.05, 0.1) is 0 Å². The molecule has 3 N–H and O–H groups in total. The second kappa shape index (κ2) is 7.66. The van der Waals surface area contributed by atoms with Gasteiger partial charge in [-0.05, 0) is 47.5 Å². The zero-order valence-corrected chi connectivity index (χ0v) is 12.3. The molecule has 0 aliphatic rings. The van der Waals surface area contributed by atoms with E-state index in [1.165, 1.54) is 36.4 Å². The predicted octanol–water partition coefficient (Wildman–Crippen LogP) is 3.84. The second-order valence-corrected chi connectivity index (χ2v) is 4.82. The molecule has 0 aromatic heterocycles. The van der Waals surface area contributed by atoms with Crippen LogP contribution in [0.15, 0.2) is 72.5 Å². The molecule has 0 heterocycles. The summed E-state index contributed by atoms with van der Waals surface area (Å²) in [6, 6.07) is 12.8. The summed E-state index contributed by atoms with van der Waals surface area (Å²) in [5.74, 6) is -0.203. The first kappa shape index (κ1) is 16.1. The molecule has 23 heavy (non-hydrogen) atoms. The summed E-state index contributed by atoms with van der Waals surface area (Å²) >= 11 is 0. The Bertz CT molecular complexity index is 751. The van der Waals surface area contributed by atoms with Crippen LogP contribution in [-0.2, 0) is 4.79 Å². The van der Waals surface area contributed by atoms with Crippen molar-refractivity contribution in [2.45, 2.75) is 0 Å². The average Bonchev–Trinajstić information content (AvgIpc) is 2.54. The smallest absolute Gasteiger partial charge is 0.182 e. The number of rotatable bonds is 5. The van der Waals surface area contributed by atoms with E-state index >= 15 is 0 Å². The largest absolute Gasteiger partial charge is 0.508 e. The van der Waals surface area contributed by atoms with Gasteiger partial charge in [0, 0.05) is 6.08 Å². The van der Waals surface area contributed by atoms with Gasteiger partial charge in [-0.25, -0.2) is 0 Å². The van der Waals surface area contributed by atoms with E-state index in [4.69, 9.17) is 5.11 Å². The van der Waals surface area contributed by atoms with Crippen LogP contribution >= 0.6 is 0 Å². The van der Waals surface area contributed by atoms with E-state index in [0.717, 1.165) is 17.2 Å². The van der Waals surface area contributed by atoms with Crippen molar-refractivity contribution in [2.75, 3.05) is 0 Å². The van der Waals surface area contributed by atoms with Gasteiger partial charge in [0.1, 0.15) is 17.3 Å². The number of carbonyl (C=O) groups excluding carboxylic acids is 1. The molecule has 0 fully saturated rings. The van der Waals surface area contributed by atoms with Crippen LogP contribution in [0.5, 0.6) is 11.5 Å². The number of aliphatic hydroxyl groups excluding tert-OH is 1. The number of phenolic OH excluding ortho intramolecular Hbond substituents is 2. The fourth-order valence-electron chi connectivity index (χ4n) is 1.77. The average molecular weight is 308 g/mol. The van der Waals surface area contributed by atoms with Crippen molar-refractivity contribution in [3.05, 3.63) is 83.6 Å². The monoisotopic (exact) mass is 308 g/mol. The lowest BCUT2D eigenvalue weighted by Crippen LogP contribution is -1.88. The third kappa shape index (κ3) is 5.55. The maximum Gasteiger partial charge on any atom is 0.182 e. The van der Waals surface area contributed by atoms with E-state index in [1.807, 2.05) is 0 Å². The van der Waals surface area contributed by atoms with Crippen LogP contribution in [0, 0.1) is 0 Å². The van der Waals surface area contributed by atoms with Crippen LogP contribution in [0.3, 0.4) is 0 Å². The summed E-state index contributed by atoms with van der Waals surface area (Å²) in [5.41, 5.74) is 1.55. The van der Waals surface area contributed by atoms with Crippen LogP contribution in [0.1, 0.15) is 11.1 Å². The number of phenols is 2. The van der Waals surface area contributed by atoms with E-state index < -0.39 is 0 Å². The molecular weight excluding hydrogens is 292 g/mol. The molecule has 0 radical (unpaired) electrons.